The molecular formula is C24H19N5O4. The van der Waals surface area contributed by atoms with Crippen LogP contribution < -0.4 is 15.3 Å². The Labute approximate surface area is 189 Å². The topological polar surface area (TPSA) is 121 Å². The molecule has 9 nitrogen and oxygen atoms in total. The highest BCUT2D eigenvalue weighted by Gasteiger charge is 2.17. The zero-order valence-electron chi connectivity index (χ0n) is 17.4. The SMILES string of the molecule is NN=NC(=O)c1cc(-c2cn(C(=O)Oc3ccccc3)cn2)ccc1OCc1ccccc1. The minimum Gasteiger partial charge on any atom is -0.488 e. The Balaban J connectivity index is 1.57. The number of aromatic nitrogens is 2. The zero-order chi connectivity index (χ0) is 23.0. The molecule has 0 saturated heterocycles. The van der Waals surface area contributed by atoms with Crippen LogP contribution in [0.15, 0.2) is 102 Å². The summed E-state index contributed by atoms with van der Waals surface area (Å²) in [5, 5.41) is 6.49. The Bertz CT molecular complexity index is 1290. The van der Waals surface area contributed by atoms with Crippen molar-refractivity contribution >= 4 is 12.0 Å². The third-order valence-electron chi connectivity index (χ3n) is 4.63. The second-order valence-corrected chi connectivity index (χ2v) is 6.85. The lowest BCUT2D eigenvalue weighted by atomic mass is 10.1. The number of carbonyl (C=O) groups excluding carboxylic acids is 2. The second kappa shape index (κ2) is 10.0. The van der Waals surface area contributed by atoms with E-state index in [2.05, 4.69) is 15.3 Å². The molecule has 0 aliphatic carbocycles. The predicted octanol–water partition coefficient (Wildman–Crippen LogP) is 4.64. The Kier molecular flexibility index (Phi) is 6.51. The molecule has 9 heteroatoms. The van der Waals surface area contributed by atoms with E-state index in [1.807, 2.05) is 36.4 Å². The largest absolute Gasteiger partial charge is 0.488 e. The van der Waals surface area contributed by atoms with Crippen molar-refractivity contribution in [2.75, 3.05) is 0 Å². The van der Waals surface area contributed by atoms with Gasteiger partial charge in [-0.25, -0.2) is 14.3 Å². The number of ether oxygens (including phenoxy) is 2. The molecule has 1 heterocycles. The third-order valence-corrected chi connectivity index (χ3v) is 4.63. The molecule has 0 fully saturated rings. The number of rotatable bonds is 6. The van der Waals surface area contributed by atoms with Crippen LogP contribution in [-0.2, 0) is 6.61 Å². The van der Waals surface area contributed by atoms with Gasteiger partial charge in [-0.15, -0.1) is 0 Å². The number of carbonyl (C=O) groups is 2. The molecule has 1 amide bonds. The molecule has 4 aromatic rings. The first-order chi connectivity index (χ1) is 16.1. The number of hydrogen-bond donors (Lipinski definition) is 1. The van der Waals surface area contributed by atoms with Gasteiger partial charge in [-0.3, -0.25) is 4.79 Å². The maximum Gasteiger partial charge on any atom is 0.424 e. The first-order valence-corrected chi connectivity index (χ1v) is 9.91. The van der Waals surface area contributed by atoms with Crippen molar-refractivity contribution < 1.29 is 19.1 Å². The van der Waals surface area contributed by atoms with Crippen LogP contribution in [0, 0.1) is 0 Å². The van der Waals surface area contributed by atoms with Gasteiger partial charge in [-0.1, -0.05) is 58.9 Å². The van der Waals surface area contributed by atoms with E-state index in [-0.39, 0.29) is 12.2 Å². The van der Waals surface area contributed by atoms with Crippen LogP contribution >= 0.6 is 0 Å². The molecule has 0 saturated carbocycles. The molecule has 0 aliphatic rings. The summed E-state index contributed by atoms with van der Waals surface area (Å²) in [7, 11) is 0. The van der Waals surface area contributed by atoms with Crippen molar-refractivity contribution in [3.8, 4) is 22.8 Å². The van der Waals surface area contributed by atoms with Crippen molar-refractivity contribution in [3.63, 3.8) is 0 Å². The molecule has 4 rings (SSSR count). The first-order valence-electron chi connectivity index (χ1n) is 9.91. The van der Waals surface area contributed by atoms with Gasteiger partial charge < -0.3 is 15.3 Å². The Morgan fingerprint density at radius 2 is 1.70 bits per heavy atom. The Morgan fingerprint density at radius 3 is 2.42 bits per heavy atom. The number of para-hydroxylation sites is 1. The summed E-state index contributed by atoms with van der Waals surface area (Å²) < 4.78 is 12.3. The molecule has 0 radical (unpaired) electrons. The van der Waals surface area contributed by atoms with Gasteiger partial charge in [0.25, 0.3) is 0 Å². The summed E-state index contributed by atoms with van der Waals surface area (Å²) in [5.74, 6) is 5.14. The highest BCUT2D eigenvalue weighted by atomic mass is 16.6. The number of benzene rings is 3. The van der Waals surface area contributed by atoms with Crippen molar-refractivity contribution in [1.82, 2.24) is 9.55 Å². The lowest BCUT2D eigenvalue weighted by molar-refractivity contribution is 0.0989. The molecule has 0 spiro atoms. The zero-order valence-corrected chi connectivity index (χ0v) is 17.4. The van der Waals surface area contributed by atoms with E-state index in [1.54, 1.807) is 42.5 Å². The van der Waals surface area contributed by atoms with Gasteiger partial charge in [0.2, 0.25) is 0 Å². The molecule has 3 aromatic carbocycles. The number of imidazole rings is 1. The van der Waals surface area contributed by atoms with Crippen LogP contribution in [0.2, 0.25) is 0 Å². The standard InChI is InChI=1S/C24H19N5O4/c25-28-27-23(30)20-13-18(11-12-22(20)32-15-17-7-3-1-4-8-17)21-14-29(16-26-21)24(31)33-19-9-5-2-6-10-19/h1-14,16H,15H2,(H2,25,27,30). The average Bonchev–Trinajstić information content (AvgIpc) is 3.35. The maximum absolute atomic E-state index is 12.5. The number of nitrogens with zero attached hydrogens (tertiary/aromatic N) is 4. The normalized spacial score (nSPS) is 10.8. The number of nitrogens with two attached hydrogens (primary N) is 1. The van der Waals surface area contributed by atoms with Crippen molar-refractivity contribution in [2.24, 2.45) is 16.2 Å². The van der Waals surface area contributed by atoms with E-state index >= 15 is 0 Å². The Morgan fingerprint density at radius 1 is 0.970 bits per heavy atom. The van der Waals surface area contributed by atoms with E-state index in [0.29, 0.717) is 22.8 Å². The minimum atomic E-state index is -0.662. The number of hydrogen-bond acceptors (Lipinski definition) is 6. The lowest BCUT2D eigenvalue weighted by Crippen LogP contribution is -2.14. The second-order valence-electron chi connectivity index (χ2n) is 6.85. The van der Waals surface area contributed by atoms with Crippen LogP contribution in [-0.4, -0.2) is 21.6 Å². The van der Waals surface area contributed by atoms with Gasteiger partial charge in [0.15, 0.2) is 0 Å². The van der Waals surface area contributed by atoms with E-state index in [1.165, 1.54) is 17.1 Å². The fraction of sp³-hybridized carbons (Fsp3) is 0.0417. The summed E-state index contributed by atoms with van der Waals surface area (Å²) in [6, 6.07) is 23.2. The van der Waals surface area contributed by atoms with Crippen molar-refractivity contribution in [3.05, 3.63) is 103 Å². The molecule has 0 atom stereocenters. The van der Waals surface area contributed by atoms with Crippen LogP contribution in [0.1, 0.15) is 15.9 Å². The van der Waals surface area contributed by atoms with Gasteiger partial charge >= 0.3 is 12.0 Å². The highest BCUT2D eigenvalue weighted by molar-refractivity contribution is 5.98. The van der Waals surface area contributed by atoms with Gasteiger partial charge in [-0.2, -0.15) is 0 Å². The van der Waals surface area contributed by atoms with E-state index < -0.39 is 12.0 Å². The average molecular weight is 441 g/mol. The fourth-order valence-electron chi connectivity index (χ4n) is 3.04. The highest BCUT2D eigenvalue weighted by Crippen LogP contribution is 2.27. The summed E-state index contributed by atoms with van der Waals surface area (Å²) in [4.78, 5) is 29.1. The van der Waals surface area contributed by atoms with E-state index in [9.17, 15) is 9.59 Å². The lowest BCUT2D eigenvalue weighted by Gasteiger charge is -2.11. The third kappa shape index (κ3) is 5.28. The minimum absolute atomic E-state index is 0.166. The molecule has 33 heavy (non-hydrogen) atoms. The molecule has 0 unspecified atom stereocenters. The van der Waals surface area contributed by atoms with Crippen LogP contribution in [0.25, 0.3) is 11.3 Å². The van der Waals surface area contributed by atoms with Gasteiger partial charge in [0.05, 0.1) is 11.3 Å². The van der Waals surface area contributed by atoms with Gasteiger partial charge in [0.1, 0.15) is 24.4 Å². The van der Waals surface area contributed by atoms with Crippen molar-refractivity contribution in [2.45, 2.75) is 6.61 Å². The smallest absolute Gasteiger partial charge is 0.424 e. The van der Waals surface area contributed by atoms with E-state index in [0.717, 1.165) is 5.56 Å². The molecule has 2 N–H and O–H groups in total. The maximum atomic E-state index is 12.5. The monoisotopic (exact) mass is 441 g/mol. The molecule has 164 valence electrons. The molecule has 0 aliphatic heterocycles. The molecule has 1 aromatic heterocycles. The van der Waals surface area contributed by atoms with E-state index in [4.69, 9.17) is 15.3 Å². The fourth-order valence-corrected chi connectivity index (χ4v) is 3.04. The van der Waals surface area contributed by atoms with Crippen molar-refractivity contribution in [1.29, 1.82) is 0 Å². The predicted molar refractivity (Wildman–Crippen MR) is 120 cm³/mol. The van der Waals surface area contributed by atoms with Crippen LogP contribution in [0.3, 0.4) is 0 Å². The van der Waals surface area contributed by atoms with Gasteiger partial charge in [0, 0.05) is 11.8 Å². The summed E-state index contributed by atoms with van der Waals surface area (Å²) >= 11 is 0. The van der Waals surface area contributed by atoms with Crippen LogP contribution in [0.5, 0.6) is 11.5 Å². The molecule has 0 bridgehead atoms. The summed E-state index contributed by atoms with van der Waals surface area (Å²) in [5.41, 5.74) is 2.13. The number of amides is 1. The van der Waals surface area contributed by atoms with Crippen LogP contribution in [0.4, 0.5) is 4.79 Å². The first kappa shape index (κ1) is 21.4. The van der Waals surface area contributed by atoms with Gasteiger partial charge in [-0.05, 0) is 35.9 Å². The molecular weight excluding hydrogens is 422 g/mol. The quantitative estimate of drug-likeness (QED) is 0.264. The summed E-state index contributed by atoms with van der Waals surface area (Å²) in [6.45, 7) is 0.264. The summed E-state index contributed by atoms with van der Waals surface area (Å²) in [6.07, 6.45) is 2.22. The Hall–Kier alpha value is -4.79.